The molecule has 1 aliphatic heterocycles. The number of hydrogen-bond acceptors (Lipinski definition) is 1. The van der Waals surface area contributed by atoms with Crippen molar-refractivity contribution < 1.29 is 0 Å². The number of rotatable bonds is 10. The Morgan fingerprint density at radius 1 is 0.944 bits per heavy atom. The molecule has 0 aromatic rings. The number of unbranched alkanes of at least 4 members (excludes halogenated alkanes) is 7. The lowest BCUT2D eigenvalue weighted by Crippen LogP contribution is -2.41. The highest BCUT2D eigenvalue weighted by atomic mass is 35.5. The molecule has 1 saturated heterocycles. The first-order valence-electron chi connectivity index (χ1n) is 8.18. The minimum Gasteiger partial charge on any atom is -0.299 e. The lowest BCUT2D eigenvalue weighted by Gasteiger charge is -2.34. The summed E-state index contributed by atoms with van der Waals surface area (Å²) >= 11 is 6.04. The summed E-state index contributed by atoms with van der Waals surface area (Å²) in [6, 6.07) is 0.671. The minimum absolute atomic E-state index is 0.671. The third-order valence-electron chi connectivity index (χ3n) is 4.23. The summed E-state index contributed by atoms with van der Waals surface area (Å²) < 4.78 is 0. The maximum atomic E-state index is 6.04. The fraction of sp³-hybridized carbons (Fsp3) is 1.00. The maximum absolute atomic E-state index is 6.04. The van der Waals surface area contributed by atoms with Crippen LogP contribution in [0.4, 0.5) is 0 Å². The van der Waals surface area contributed by atoms with Gasteiger partial charge >= 0.3 is 0 Å². The molecular formula is C16H32ClN. The van der Waals surface area contributed by atoms with Crippen LogP contribution < -0.4 is 0 Å². The number of alkyl halides is 1. The van der Waals surface area contributed by atoms with Crippen molar-refractivity contribution in [2.75, 3.05) is 19.0 Å². The van der Waals surface area contributed by atoms with E-state index in [0.29, 0.717) is 6.04 Å². The monoisotopic (exact) mass is 273 g/mol. The van der Waals surface area contributed by atoms with E-state index in [2.05, 4.69) is 11.8 Å². The molecule has 0 radical (unpaired) electrons. The predicted molar refractivity (Wildman–Crippen MR) is 82.5 cm³/mol. The lowest BCUT2D eigenvalue weighted by molar-refractivity contribution is 0.160. The first-order valence-corrected chi connectivity index (χ1v) is 8.72. The Hall–Kier alpha value is 0.250. The van der Waals surface area contributed by atoms with Gasteiger partial charge in [-0.3, -0.25) is 4.90 Å². The average Bonchev–Trinajstić information content (AvgIpc) is 2.42. The van der Waals surface area contributed by atoms with Gasteiger partial charge in [-0.1, -0.05) is 58.3 Å². The molecule has 108 valence electrons. The normalized spacial score (nSPS) is 21.3. The van der Waals surface area contributed by atoms with E-state index in [0.717, 1.165) is 5.88 Å². The van der Waals surface area contributed by atoms with Crippen LogP contribution in [0.25, 0.3) is 0 Å². The molecule has 0 aromatic carbocycles. The van der Waals surface area contributed by atoms with E-state index in [-0.39, 0.29) is 0 Å². The van der Waals surface area contributed by atoms with Gasteiger partial charge in [0.25, 0.3) is 0 Å². The third kappa shape index (κ3) is 6.99. The smallest absolute Gasteiger partial charge is 0.0379 e. The van der Waals surface area contributed by atoms with Gasteiger partial charge in [0.05, 0.1) is 0 Å². The van der Waals surface area contributed by atoms with Crippen LogP contribution in [0, 0.1) is 0 Å². The van der Waals surface area contributed by atoms with Crippen LogP contribution in [0.5, 0.6) is 0 Å². The molecule has 1 atom stereocenters. The number of nitrogens with zero attached hydrogens (tertiary/aromatic N) is 1. The molecule has 1 nitrogen and oxygen atoms in total. The highest BCUT2D eigenvalue weighted by molar-refractivity contribution is 6.18. The third-order valence-corrected chi connectivity index (χ3v) is 4.58. The van der Waals surface area contributed by atoms with Crippen molar-refractivity contribution in [1.82, 2.24) is 4.90 Å². The average molecular weight is 274 g/mol. The van der Waals surface area contributed by atoms with Crippen LogP contribution in [0.2, 0.25) is 0 Å². The van der Waals surface area contributed by atoms with Crippen LogP contribution in [0.1, 0.15) is 77.6 Å². The van der Waals surface area contributed by atoms with Crippen molar-refractivity contribution in [2.45, 2.75) is 83.6 Å². The zero-order valence-corrected chi connectivity index (χ0v) is 13.1. The van der Waals surface area contributed by atoms with E-state index in [1.54, 1.807) is 0 Å². The van der Waals surface area contributed by atoms with Crippen molar-refractivity contribution in [1.29, 1.82) is 0 Å². The molecule has 1 unspecified atom stereocenters. The van der Waals surface area contributed by atoms with Gasteiger partial charge in [-0.2, -0.15) is 0 Å². The van der Waals surface area contributed by atoms with E-state index in [9.17, 15) is 0 Å². The highest BCUT2D eigenvalue weighted by Crippen LogP contribution is 2.19. The second-order valence-electron chi connectivity index (χ2n) is 5.81. The molecule has 0 saturated carbocycles. The second-order valence-corrected chi connectivity index (χ2v) is 6.12. The Balaban J connectivity index is 1.93. The van der Waals surface area contributed by atoms with Gasteiger partial charge in [0.2, 0.25) is 0 Å². The van der Waals surface area contributed by atoms with Gasteiger partial charge in [0, 0.05) is 11.9 Å². The molecule has 2 heteroatoms. The van der Waals surface area contributed by atoms with Crippen LogP contribution in [-0.4, -0.2) is 29.9 Å². The Kier molecular flexibility index (Phi) is 10.1. The van der Waals surface area contributed by atoms with Gasteiger partial charge in [-0.05, 0) is 32.4 Å². The van der Waals surface area contributed by atoms with Gasteiger partial charge in [-0.15, -0.1) is 11.6 Å². The van der Waals surface area contributed by atoms with Crippen LogP contribution >= 0.6 is 11.6 Å². The largest absolute Gasteiger partial charge is 0.299 e. The Morgan fingerprint density at radius 2 is 1.61 bits per heavy atom. The van der Waals surface area contributed by atoms with E-state index < -0.39 is 0 Å². The van der Waals surface area contributed by atoms with Crippen molar-refractivity contribution in [3.05, 3.63) is 0 Å². The molecule has 1 fully saturated rings. The summed E-state index contributed by atoms with van der Waals surface area (Å²) in [7, 11) is 0. The topological polar surface area (TPSA) is 3.24 Å². The number of hydrogen-bond donors (Lipinski definition) is 0. The van der Waals surface area contributed by atoms with Gasteiger partial charge in [-0.25, -0.2) is 0 Å². The first kappa shape index (κ1) is 16.3. The Labute approximate surface area is 119 Å². The van der Waals surface area contributed by atoms with Crippen LogP contribution in [0.3, 0.4) is 0 Å². The molecule has 0 N–H and O–H groups in total. The first-order chi connectivity index (χ1) is 8.88. The molecule has 1 rings (SSSR count). The lowest BCUT2D eigenvalue weighted by atomic mass is 10.0. The maximum Gasteiger partial charge on any atom is 0.0379 e. The minimum atomic E-state index is 0.671. The summed E-state index contributed by atoms with van der Waals surface area (Å²) in [6.45, 7) is 4.85. The van der Waals surface area contributed by atoms with Gasteiger partial charge < -0.3 is 0 Å². The van der Waals surface area contributed by atoms with Crippen molar-refractivity contribution >= 4 is 11.6 Å². The summed E-state index contributed by atoms with van der Waals surface area (Å²) in [4.78, 5) is 2.63. The molecule has 0 aliphatic carbocycles. The molecule has 0 spiro atoms. The van der Waals surface area contributed by atoms with E-state index in [1.807, 2.05) is 0 Å². The van der Waals surface area contributed by atoms with E-state index in [1.165, 1.54) is 83.7 Å². The molecule has 1 aliphatic rings. The van der Waals surface area contributed by atoms with E-state index in [4.69, 9.17) is 11.6 Å². The molecule has 0 aromatic heterocycles. The predicted octanol–water partition coefficient (Wildman–Crippen LogP) is 5.22. The highest BCUT2D eigenvalue weighted by Gasteiger charge is 2.20. The van der Waals surface area contributed by atoms with Crippen molar-refractivity contribution in [3.63, 3.8) is 0 Å². The van der Waals surface area contributed by atoms with Crippen LogP contribution in [-0.2, 0) is 0 Å². The number of piperidine rings is 1. The standard InChI is InChI=1S/C16H32ClN/c1-2-3-4-5-6-7-8-10-13-18-14-11-9-12-16(18)15-17/h16H,2-15H2,1H3. The zero-order valence-electron chi connectivity index (χ0n) is 12.3. The SMILES string of the molecule is CCCCCCCCCCN1CCCCC1CCl. The number of halogens is 1. The van der Waals surface area contributed by atoms with Gasteiger partial charge in [0.1, 0.15) is 0 Å². The zero-order chi connectivity index (χ0) is 13.1. The fourth-order valence-corrected chi connectivity index (χ4v) is 3.33. The second kappa shape index (κ2) is 11.1. The summed E-state index contributed by atoms with van der Waals surface area (Å²) in [5, 5.41) is 0. The molecule has 1 heterocycles. The molecule has 0 amide bonds. The molecular weight excluding hydrogens is 242 g/mol. The molecule has 18 heavy (non-hydrogen) atoms. The summed E-state index contributed by atoms with van der Waals surface area (Å²) in [5.74, 6) is 0.830. The summed E-state index contributed by atoms with van der Waals surface area (Å²) in [6.07, 6.45) is 15.4. The summed E-state index contributed by atoms with van der Waals surface area (Å²) in [5.41, 5.74) is 0. The van der Waals surface area contributed by atoms with E-state index >= 15 is 0 Å². The number of likely N-dealkylation sites (tertiary alicyclic amines) is 1. The van der Waals surface area contributed by atoms with Crippen molar-refractivity contribution in [3.8, 4) is 0 Å². The molecule has 0 bridgehead atoms. The van der Waals surface area contributed by atoms with Crippen LogP contribution in [0.15, 0.2) is 0 Å². The fourth-order valence-electron chi connectivity index (χ4n) is 2.98. The quantitative estimate of drug-likeness (QED) is 0.390. The van der Waals surface area contributed by atoms with Crippen molar-refractivity contribution in [2.24, 2.45) is 0 Å². The van der Waals surface area contributed by atoms with Gasteiger partial charge in [0.15, 0.2) is 0 Å². The Bertz CT molecular complexity index is 184. The Morgan fingerprint density at radius 3 is 2.28 bits per heavy atom.